The smallest absolute Gasteiger partial charge is 0.337 e. The number of carbonyl (C=O) groups excluding carboxylic acids is 2. The molecule has 5 heteroatoms. The molecule has 1 heterocycles. The summed E-state index contributed by atoms with van der Waals surface area (Å²) in [5, 5.41) is 0. The van der Waals surface area contributed by atoms with Crippen LogP contribution in [0.4, 0.5) is 4.79 Å². The lowest BCUT2D eigenvalue weighted by Gasteiger charge is -2.30. The van der Waals surface area contributed by atoms with Crippen LogP contribution in [0.5, 0.6) is 0 Å². The van der Waals surface area contributed by atoms with Crippen LogP contribution in [0.3, 0.4) is 0 Å². The number of hydrogen-bond donors (Lipinski definition) is 0. The number of piperidine rings is 1. The van der Waals surface area contributed by atoms with E-state index in [4.69, 9.17) is 0 Å². The standard InChI is InChI=1S/C16H24N2O3/c1-4-14(15(19)21-3)10-6-9-11-17(2)16(20)18-12-7-5-8-13-18/h4,6,9-10H,1,5,7-8,11-13H2,2-3H3/b9-6+,14-10+. The summed E-state index contributed by atoms with van der Waals surface area (Å²) in [6.07, 6.45) is 10.00. The maximum absolute atomic E-state index is 12.1. The van der Waals surface area contributed by atoms with Crippen LogP contribution in [0.25, 0.3) is 0 Å². The molecule has 1 aliphatic rings. The molecule has 116 valence electrons. The van der Waals surface area contributed by atoms with Crippen molar-refractivity contribution in [3.8, 4) is 0 Å². The van der Waals surface area contributed by atoms with E-state index in [0.717, 1.165) is 25.9 Å². The zero-order valence-electron chi connectivity index (χ0n) is 12.9. The van der Waals surface area contributed by atoms with E-state index in [9.17, 15) is 9.59 Å². The summed E-state index contributed by atoms with van der Waals surface area (Å²) in [5.41, 5.74) is 0.388. The molecule has 0 aliphatic carbocycles. The van der Waals surface area contributed by atoms with Crippen molar-refractivity contribution in [3.05, 3.63) is 36.5 Å². The number of carbonyl (C=O) groups is 2. The zero-order valence-corrected chi connectivity index (χ0v) is 12.9. The fourth-order valence-electron chi connectivity index (χ4n) is 2.13. The molecule has 0 aromatic heterocycles. The van der Waals surface area contributed by atoms with Crippen LogP contribution in [0, 0.1) is 0 Å². The lowest BCUT2D eigenvalue weighted by atomic mass is 10.1. The van der Waals surface area contributed by atoms with Gasteiger partial charge in [-0.3, -0.25) is 0 Å². The molecule has 5 nitrogen and oxygen atoms in total. The Morgan fingerprint density at radius 1 is 1.29 bits per heavy atom. The normalized spacial score (nSPS) is 15.9. The summed E-state index contributed by atoms with van der Waals surface area (Å²) in [5.74, 6) is -0.424. The molecule has 0 unspecified atom stereocenters. The van der Waals surface area contributed by atoms with E-state index in [1.54, 1.807) is 24.1 Å². The number of likely N-dealkylation sites (N-methyl/N-ethyl adjacent to an activating group) is 1. The number of likely N-dealkylation sites (tertiary alicyclic amines) is 1. The first-order chi connectivity index (χ1) is 10.1. The molecule has 0 spiro atoms. The Morgan fingerprint density at radius 3 is 2.52 bits per heavy atom. The maximum Gasteiger partial charge on any atom is 0.337 e. The molecule has 0 N–H and O–H groups in total. The van der Waals surface area contributed by atoms with Gasteiger partial charge in [0.05, 0.1) is 12.7 Å². The molecule has 1 rings (SSSR count). The number of rotatable bonds is 5. The quantitative estimate of drug-likeness (QED) is 0.444. The minimum absolute atomic E-state index is 0.0558. The van der Waals surface area contributed by atoms with Crippen molar-refractivity contribution in [2.45, 2.75) is 19.3 Å². The molecule has 0 radical (unpaired) electrons. The first-order valence-corrected chi connectivity index (χ1v) is 7.17. The zero-order chi connectivity index (χ0) is 15.7. The van der Waals surface area contributed by atoms with Crippen molar-refractivity contribution in [1.82, 2.24) is 9.80 Å². The fraction of sp³-hybridized carbons (Fsp3) is 0.500. The van der Waals surface area contributed by atoms with E-state index in [2.05, 4.69) is 11.3 Å². The number of amides is 2. The minimum Gasteiger partial charge on any atom is -0.465 e. The second kappa shape index (κ2) is 9.00. The fourth-order valence-corrected chi connectivity index (χ4v) is 2.13. The Balaban J connectivity index is 2.47. The molecule has 21 heavy (non-hydrogen) atoms. The monoisotopic (exact) mass is 292 g/mol. The Morgan fingerprint density at radius 2 is 1.95 bits per heavy atom. The van der Waals surface area contributed by atoms with Crippen molar-refractivity contribution in [2.75, 3.05) is 33.8 Å². The summed E-state index contributed by atoms with van der Waals surface area (Å²) in [6.45, 7) is 5.74. The van der Waals surface area contributed by atoms with Gasteiger partial charge >= 0.3 is 12.0 Å². The van der Waals surface area contributed by atoms with E-state index in [1.165, 1.54) is 19.6 Å². The number of ether oxygens (including phenoxy) is 1. The van der Waals surface area contributed by atoms with Gasteiger partial charge in [0.15, 0.2) is 0 Å². The lowest BCUT2D eigenvalue weighted by Crippen LogP contribution is -2.43. The molecule has 0 bridgehead atoms. The number of methoxy groups -OCH3 is 1. The van der Waals surface area contributed by atoms with E-state index >= 15 is 0 Å². The highest BCUT2D eigenvalue weighted by atomic mass is 16.5. The Hall–Kier alpha value is -2.04. The van der Waals surface area contributed by atoms with Gasteiger partial charge in [-0.15, -0.1) is 0 Å². The highest BCUT2D eigenvalue weighted by Crippen LogP contribution is 2.10. The topological polar surface area (TPSA) is 49.9 Å². The van der Waals surface area contributed by atoms with Crippen molar-refractivity contribution in [3.63, 3.8) is 0 Å². The van der Waals surface area contributed by atoms with Gasteiger partial charge in [-0.05, 0) is 25.3 Å². The van der Waals surface area contributed by atoms with Gasteiger partial charge in [0, 0.05) is 26.7 Å². The van der Waals surface area contributed by atoms with Crippen LogP contribution in [0.15, 0.2) is 36.5 Å². The summed E-state index contributed by atoms with van der Waals surface area (Å²) in [4.78, 5) is 27.0. The average molecular weight is 292 g/mol. The number of urea groups is 1. The predicted molar refractivity (Wildman–Crippen MR) is 82.9 cm³/mol. The van der Waals surface area contributed by atoms with Gasteiger partial charge < -0.3 is 14.5 Å². The summed E-state index contributed by atoms with van der Waals surface area (Å²) < 4.78 is 4.62. The predicted octanol–water partition coefficient (Wildman–Crippen LogP) is 2.37. The number of nitrogens with zero attached hydrogens (tertiary/aromatic N) is 2. The van der Waals surface area contributed by atoms with Crippen LogP contribution in [0.2, 0.25) is 0 Å². The van der Waals surface area contributed by atoms with Crippen LogP contribution >= 0.6 is 0 Å². The van der Waals surface area contributed by atoms with Gasteiger partial charge in [-0.2, -0.15) is 0 Å². The molecule has 1 saturated heterocycles. The Kier molecular flexibility index (Phi) is 7.29. The molecule has 1 fully saturated rings. The summed E-state index contributed by atoms with van der Waals surface area (Å²) in [7, 11) is 3.11. The third kappa shape index (κ3) is 5.45. The van der Waals surface area contributed by atoms with Crippen LogP contribution < -0.4 is 0 Å². The second-order valence-corrected chi connectivity index (χ2v) is 4.96. The van der Waals surface area contributed by atoms with Gasteiger partial charge in [0.2, 0.25) is 0 Å². The summed E-state index contributed by atoms with van der Waals surface area (Å²) >= 11 is 0. The number of esters is 1. The number of hydrogen-bond acceptors (Lipinski definition) is 3. The first-order valence-electron chi connectivity index (χ1n) is 7.17. The molecule has 0 saturated carbocycles. The van der Waals surface area contributed by atoms with Gasteiger partial charge in [0.1, 0.15) is 0 Å². The molecule has 0 aromatic carbocycles. The SMILES string of the molecule is C=C/C(=C\C=C\CN(C)C(=O)N1CCCCC1)C(=O)OC. The van der Waals surface area contributed by atoms with E-state index in [0.29, 0.717) is 12.1 Å². The Labute approximate surface area is 126 Å². The molecule has 2 amide bonds. The molecule has 1 aliphatic heterocycles. The molecule has 0 aromatic rings. The number of allylic oxidation sites excluding steroid dienone is 2. The maximum atomic E-state index is 12.1. The molecular weight excluding hydrogens is 268 g/mol. The molecule has 0 atom stereocenters. The highest BCUT2D eigenvalue weighted by Gasteiger charge is 2.18. The van der Waals surface area contributed by atoms with Gasteiger partial charge in [-0.1, -0.05) is 24.8 Å². The largest absolute Gasteiger partial charge is 0.465 e. The van der Waals surface area contributed by atoms with Crippen molar-refractivity contribution in [2.24, 2.45) is 0 Å². The van der Waals surface area contributed by atoms with Crippen molar-refractivity contribution >= 4 is 12.0 Å². The Bertz CT molecular complexity index is 435. The van der Waals surface area contributed by atoms with E-state index in [1.807, 2.05) is 11.0 Å². The van der Waals surface area contributed by atoms with Crippen LogP contribution in [-0.4, -0.2) is 55.6 Å². The third-order valence-corrected chi connectivity index (χ3v) is 3.39. The van der Waals surface area contributed by atoms with E-state index in [-0.39, 0.29) is 6.03 Å². The van der Waals surface area contributed by atoms with Gasteiger partial charge in [0.25, 0.3) is 0 Å². The highest BCUT2D eigenvalue weighted by molar-refractivity contribution is 5.91. The first kappa shape index (κ1) is 17.0. The minimum atomic E-state index is -0.424. The van der Waals surface area contributed by atoms with Gasteiger partial charge in [-0.25, -0.2) is 9.59 Å². The van der Waals surface area contributed by atoms with Crippen LogP contribution in [0.1, 0.15) is 19.3 Å². The lowest BCUT2D eigenvalue weighted by molar-refractivity contribution is -0.135. The van der Waals surface area contributed by atoms with E-state index < -0.39 is 5.97 Å². The van der Waals surface area contributed by atoms with Crippen molar-refractivity contribution < 1.29 is 14.3 Å². The van der Waals surface area contributed by atoms with Crippen LogP contribution in [-0.2, 0) is 9.53 Å². The van der Waals surface area contributed by atoms with Crippen molar-refractivity contribution in [1.29, 1.82) is 0 Å². The third-order valence-electron chi connectivity index (χ3n) is 3.39. The summed E-state index contributed by atoms with van der Waals surface area (Å²) in [6, 6.07) is 0.0558. The second-order valence-electron chi connectivity index (χ2n) is 4.96. The average Bonchev–Trinajstić information content (AvgIpc) is 2.54. The molecular formula is C16H24N2O3.